The van der Waals surface area contributed by atoms with Crippen molar-refractivity contribution in [2.75, 3.05) is 6.54 Å². The molecule has 2 aromatic rings. The van der Waals surface area contributed by atoms with Gasteiger partial charge in [0.25, 0.3) is 0 Å². The number of hydrogen-bond donors (Lipinski definition) is 0. The molecule has 122 valence electrons. The molecule has 1 aliphatic heterocycles. The van der Waals surface area contributed by atoms with Crippen LogP contribution < -0.4 is 0 Å². The van der Waals surface area contributed by atoms with E-state index in [9.17, 15) is 4.79 Å². The van der Waals surface area contributed by atoms with Crippen molar-refractivity contribution in [1.29, 1.82) is 0 Å². The van der Waals surface area contributed by atoms with E-state index in [0.717, 1.165) is 10.4 Å². The zero-order chi connectivity index (χ0) is 16.8. The van der Waals surface area contributed by atoms with Gasteiger partial charge in [0.05, 0.1) is 11.5 Å². The van der Waals surface area contributed by atoms with Crippen molar-refractivity contribution in [3.05, 3.63) is 70.9 Å². The highest BCUT2D eigenvalue weighted by atomic mass is 32.2. The van der Waals surface area contributed by atoms with Crippen molar-refractivity contribution in [1.82, 2.24) is 4.90 Å². The van der Waals surface area contributed by atoms with Gasteiger partial charge in [0, 0.05) is 11.4 Å². The Morgan fingerprint density at radius 3 is 2.75 bits per heavy atom. The summed E-state index contributed by atoms with van der Waals surface area (Å²) in [5.74, 6) is 0.0637. The highest BCUT2D eigenvalue weighted by Gasteiger charge is 2.37. The van der Waals surface area contributed by atoms with Crippen molar-refractivity contribution in [2.45, 2.75) is 11.7 Å². The molecule has 1 saturated heterocycles. The lowest BCUT2D eigenvalue weighted by Gasteiger charge is -2.12. The van der Waals surface area contributed by atoms with Crippen LogP contribution >= 0.6 is 23.1 Å². The third-order valence-corrected chi connectivity index (χ3v) is 5.44. The average molecular weight is 355 g/mol. The molecule has 1 aromatic heterocycles. The van der Waals surface area contributed by atoms with E-state index in [1.54, 1.807) is 28.5 Å². The van der Waals surface area contributed by atoms with E-state index < -0.39 is 0 Å². The van der Waals surface area contributed by atoms with Gasteiger partial charge < -0.3 is 0 Å². The van der Waals surface area contributed by atoms with Gasteiger partial charge in [-0.1, -0.05) is 54.2 Å². The van der Waals surface area contributed by atoms with E-state index in [0.29, 0.717) is 18.1 Å². The monoisotopic (exact) mass is 355 g/mol. The summed E-state index contributed by atoms with van der Waals surface area (Å²) in [7, 11) is 0. The second-order valence-corrected chi connectivity index (χ2v) is 7.33. The summed E-state index contributed by atoms with van der Waals surface area (Å²) in [6, 6.07) is 14.0. The molecule has 0 aliphatic carbocycles. The van der Waals surface area contributed by atoms with Gasteiger partial charge in [-0.05, 0) is 23.4 Å². The lowest BCUT2D eigenvalue weighted by atomic mass is 10.1. The number of thioether (sulfide) groups is 1. The van der Waals surface area contributed by atoms with Crippen LogP contribution in [0.3, 0.4) is 0 Å². The van der Waals surface area contributed by atoms with Crippen molar-refractivity contribution < 1.29 is 4.79 Å². The van der Waals surface area contributed by atoms with Gasteiger partial charge in [-0.15, -0.1) is 23.0 Å². The molecule has 0 N–H and O–H groups in total. The number of hydrogen-bond acceptors (Lipinski definition) is 5. The van der Waals surface area contributed by atoms with Crippen molar-refractivity contribution in [3.63, 3.8) is 0 Å². The topological polar surface area (TPSA) is 45.0 Å². The summed E-state index contributed by atoms with van der Waals surface area (Å²) in [5.41, 5.74) is 1.14. The summed E-state index contributed by atoms with van der Waals surface area (Å²) >= 11 is 3.06. The number of carbonyl (C=O) groups excluding carboxylic acids is 1. The molecule has 1 unspecified atom stereocenters. The minimum absolute atomic E-state index is 0.0637. The van der Waals surface area contributed by atoms with Gasteiger partial charge in [-0.3, -0.25) is 9.69 Å². The second-order valence-electron chi connectivity index (χ2n) is 5.18. The first-order chi connectivity index (χ1) is 11.8. The van der Waals surface area contributed by atoms with E-state index in [2.05, 4.69) is 16.8 Å². The van der Waals surface area contributed by atoms with Crippen LogP contribution in [0.25, 0.3) is 0 Å². The Morgan fingerprint density at radius 2 is 2.04 bits per heavy atom. The Kier molecular flexibility index (Phi) is 5.61. The molecule has 0 bridgehead atoms. The third kappa shape index (κ3) is 4.01. The zero-order valence-corrected chi connectivity index (χ0v) is 14.7. The maximum Gasteiger partial charge on any atom is 0.242 e. The van der Waals surface area contributed by atoms with Gasteiger partial charge >= 0.3 is 0 Å². The van der Waals surface area contributed by atoms with Crippen LogP contribution in [-0.2, 0) is 11.2 Å². The minimum Gasteiger partial charge on any atom is -0.285 e. The van der Waals surface area contributed by atoms with E-state index in [4.69, 9.17) is 0 Å². The molecule has 1 aromatic carbocycles. The molecule has 0 radical (unpaired) electrons. The molecule has 1 aliphatic rings. The molecule has 4 nitrogen and oxygen atoms in total. The first kappa shape index (κ1) is 16.7. The maximum atomic E-state index is 12.6. The largest absolute Gasteiger partial charge is 0.285 e. The van der Waals surface area contributed by atoms with Gasteiger partial charge in [-0.25, -0.2) is 0 Å². The highest BCUT2D eigenvalue weighted by molar-refractivity contribution is 8.15. The smallest absolute Gasteiger partial charge is 0.242 e. The van der Waals surface area contributed by atoms with Gasteiger partial charge in [0.15, 0.2) is 5.17 Å². The first-order valence-electron chi connectivity index (χ1n) is 7.55. The Hall–Kier alpha value is -2.18. The summed E-state index contributed by atoms with van der Waals surface area (Å²) in [5, 5.41) is 10.8. The molecule has 24 heavy (non-hydrogen) atoms. The van der Waals surface area contributed by atoms with Crippen molar-refractivity contribution >= 4 is 40.4 Å². The zero-order valence-electron chi connectivity index (χ0n) is 13.0. The Labute approximate surface area is 149 Å². The Bertz CT molecular complexity index is 754. The van der Waals surface area contributed by atoms with Gasteiger partial charge in [0.1, 0.15) is 0 Å². The molecule has 6 heteroatoms. The van der Waals surface area contributed by atoms with Crippen molar-refractivity contribution in [3.8, 4) is 0 Å². The van der Waals surface area contributed by atoms with Gasteiger partial charge in [0.2, 0.25) is 5.91 Å². The molecular weight excluding hydrogens is 338 g/mol. The average Bonchev–Trinajstić information content (AvgIpc) is 3.20. The first-order valence-corrected chi connectivity index (χ1v) is 9.31. The van der Waals surface area contributed by atoms with Crippen LogP contribution in [0.4, 0.5) is 0 Å². The SMILES string of the molecule is C=CCN1C(=O)C(Cc2ccccc2)SC1=NN=Cc1cccs1. The van der Waals surface area contributed by atoms with E-state index in [-0.39, 0.29) is 11.2 Å². The summed E-state index contributed by atoms with van der Waals surface area (Å²) in [6.07, 6.45) is 4.10. The fourth-order valence-electron chi connectivity index (χ4n) is 2.34. The number of carbonyl (C=O) groups is 1. The van der Waals surface area contributed by atoms with Crippen LogP contribution in [0.15, 0.2) is 70.7 Å². The number of amidine groups is 1. The summed E-state index contributed by atoms with van der Waals surface area (Å²) < 4.78 is 0. The number of nitrogens with zero attached hydrogens (tertiary/aromatic N) is 3. The quantitative estimate of drug-likeness (QED) is 0.449. The maximum absolute atomic E-state index is 12.6. The molecule has 0 saturated carbocycles. The molecule has 1 amide bonds. The molecule has 1 fully saturated rings. The van der Waals surface area contributed by atoms with Crippen LogP contribution in [0.5, 0.6) is 0 Å². The Balaban J connectivity index is 1.75. The lowest BCUT2D eigenvalue weighted by molar-refractivity contribution is -0.125. The molecule has 0 spiro atoms. The van der Waals surface area contributed by atoms with E-state index in [1.807, 2.05) is 47.8 Å². The van der Waals surface area contributed by atoms with E-state index in [1.165, 1.54) is 11.8 Å². The van der Waals surface area contributed by atoms with Crippen LogP contribution in [0.1, 0.15) is 10.4 Å². The number of benzene rings is 1. The third-order valence-electron chi connectivity index (χ3n) is 3.47. The number of rotatable bonds is 6. The van der Waals surface area contributed by atoms with Crippen LogP contribution in [0.2, 0.25) is 0 Å². The number of amides is 1. The fraction of sp³-hybridized carbons (Fsp3) is 0.167. The summed E-state index contributed by atoms with van der Waals surface area (Å²) in [6.45, 7) is 4.18. The summed E-state index contributed by atoms with van der Waals surface area (Å²) in [4.78, 5) is 15.3. The molecule has 3 rings (SSSR count). The van der Waals surface area contributed by atoms with E-state index >= 15 is 0 Å². The van der Waals surface area contributed by atoms with Crippen LogP contribution in [0, 0.1) is 0 Å². The van der Waals surface area contributed by atoms with Crippen LogP contribution in [-0.4, -0.2) is 34.0 Å². The molecule has 2 heterocycles. The predicted molar refractivity (Wildman–Crippen MR) is 103 cm³/mol. The predicted octanol–water partition coefficient (Wildman–Crippen LogP) is 3.81. The highest BCUT2D eigenvalue weighted by Crippen LogP contribution is 2.30. The Morgan fingerprint density at radius 1 is 1.21 bits per heavy atom. The lowest BCUT2D eigenvalue weighted by Crippen LogP contribution is -2.32. The minimum atomic E-state index is -0.164. The fourth-order valence-corrected chi connectivity index (χ4v) is 4.06. The second kappa shape index (κ2) is 8.08. The van der Waals surface area contributed by atoms with Gasteiger partial charge in [-0.2, -0.15) is 5.10 Å². The molecular formula is C18H17N3OS2. The standard InChI is InChI=1S/C18H17N3OS2/c1-2-10-21-17(22)16(12-14-7-4-3-5-8-14)24-18(21)20-19-13-15-9-6-11-23-15/h2-9,11,13,16H,1,10,12H2. The molecule has 1 atom stereocenters. The normalized spacial score (nSPS) is 19.5. The number of thiophene rings is 1. The van der Waals surface area contributed by atoms with Crippen molar-refractivity contribution in [2.24, 2.45) is 10.2 Å².